The molecule has 0 unspecified atom stereocenters. The van der Waals surface area contributed by atoms with Gasteiger partial charge in [0.25, 0.3) is 0 Å². The Kier molecular flexibility index (Phi) is 2.48. The van der Waals surface area contributed by atoms with Gasteiger partial charge < -0.3 is 0 Å². The Labute approximate surface area is 108 Å². The summed E-state index contributed by atoms with van der Waals surface area (Å²) in [6, 6.07) is 5.60. The highest BCUT2D eigenvalue weighted by molar-refractivity contribution is 7.17. The Morgan fingerprint density at radius 1 is 1.33 bits per heavy atom. The van der Waals surface area contributed by atoms with Crippen molar-refractivity contribution >= 4 is 22.6 Å². The number of aldehydes is 1. The maximum atomic E-state index is 11.4. The zero-order valence-electron chi connectivity index (χ0n) is 10.0. The number of nitrogens with zero attached hydrogens (tertiary/aromatic N) is 3. The molecule has 0 aliphatic heterocycles. The van der Waals surface area contributed by atoms with Crippen molar-refractivity contribution < 1.29 is 4.79 Å². The standard InChI is InChI=1S/C13H11N3OS/c1-8-9(2)18-13-15-12(11(7-17)16(8)13)10-5-3-4-6-14-10/h3-7H,1-2H3. The summed E-state index contributed by atoms with van der Waals surface area (Å²) >= 11 is 1.59. The first-order valence-electron chi connectivity index (χ1n) is 5.57. The van der Waals surface area contributed by atoms with Gasteiger partial charge in [-0.05, 0) is 26.0 Å². The van der Waals surface area contributed by atoms with Crippen LogP contribution in [0.15, 0.2) is 24.4 Å². The summed E-state index contributed by atoms with van der Waals surface area (Å²) in [5.41, 5.74) is 3.02. The summed E-state index contributed by atoms with van der Waals surface area (Å²) in [4.78, 5) is 22.1. The minimum atomic E-state index is 0.575. The number of aromatic nitrogens is 3. The number of imidazole rings is 1. The SMILES string of the molecule is Cc1sc2nc(-c3ccccn3)c(C=O)n2c1C. The van der Waals surface area contributed by atoms with Crippen molar-refractivity contribution in [3.63, 3.8) is 0 Å². The molecule has 0 aromatic carbocycles. The fourth-order valence-electron chi connectivity index (χ4n) is 1.97. The Bertz CT molecular complexity index is 728. The minimum absolute atomic E-state index is 0.575. The van der Waals surface area contributed by atoms with Crippen LogP contribution in [0.1, 0.15) is 21.1 Å². The molecule has 3 heterocycles. The van der Waals surface area contributed by atoms with Crippen LogP contribution in [-0.2, 0) is 0 Å². The minimum Gasteiger partial charge on any atom is -0.296 e. The van der Waals surface area contributed by atoms with Crippen molar-refractivity contribution in [3.8, 4) is 11.4 Å². The van der Waals surface area contributed by atoms with E-state index in [0.29, 0.717) is 11.4 Å². The molecular weight excluding hydrogens is 246 g/mol. The van der Waals surface area contributed by atoms with Gasteiger partial charge in [0.2, 0.25) is 0 Å². The average Bonchev–Trinajstić information content (AvgIpc) is 2.88. The number of carbonyl (C=O) groups excluding carboxylic acids is 1. The highest BCUT2D eigenvalue weighted by Gasteiger charge is 2.18. The molecule has 0 N–H and O–H groups in total. The number of hydrogen-bond acceptors (Lipinski definition) is 4. The molecule has 0 radical (unpaired) electrons. The van der Waals surface area contributed by atoms with Gasteiger partial charge in [0.1, 0.15) is 11.4 Å². The Hall–Kier alpha value is -2.01. The molecule has 0 fully saturated rings. The van der Waals surface area contributed by atoms with E-state index in [2.05, 4.69) is 9.97 Å². The van der Waals surface area contributed by atoms with E-state index in [1.807, 2.05) is 36.4 Å². The second-order valence-electron chi connectivity index (χ2n) is 4.04. The molecule has 0 aliphatic rings. The first kappa shape index (κ1) is 11.1. The van der Waals surface area contributed by atoms with Gasteiger partial charge in [-0.3, -0.25) is 14.2 Å². The molecule has 0 saturated carbocycles. The van der Waals surface area contributed by atoms with Crippen molar-refractivity contribution in [1.82, 2.24) is 14.4 Å². The maximum absolute atomic E-state index is 11.4. The van der Waals surface area contributed by atoms with Gasteiger partial charge in [-0.15, -0.1) is 11.3 Å². The monoisotopic (exact) mass is 257 g/mol. The summed E-state index contributed by atoms with van der Waals surface area (Å²) in [5.74, 6) is 0. The largest absolute Gasteiger partial charge is 0.296 e. The number of aryl methyl sites for hydroxylation is 2. The Balaban J connectivity index is 2.35. The third-order valence-electron chi connectivity index (χ3n) is 2.99. The van der Waals surface area contributed by atoms with Crippen LogP contribution in [0.5, 0.6) is 0 Å². The Morgan fingerprint density at radius 3 is 2.83 bits per heavy atom. The molecule has 0 amide bonds. The number of thiazole rings is 1. The van der Waals surface area contributed by atoms with Crippen LogP contribution in [0.4, 0.5) is 0 Å². The summed E-state index contributed by atoms with van der Waals surface area (Å²) in [6.45, 7) is 4.03. The summed E-state index contributed by atoms with van der Waals surface area (Å²) in [7, 11) is 0. The van der Waals surface area contributed by atoms with Crippen LogP contribution in [0.25, 0.3) is 16.3 Å². The van der Waals surface area contributed by atoms with E-state index in [1.54, 1.807) is 17.5 Å². The maximum Gasteiger partial charge on any atom is 0.195 e. The highest BCUT2D eigenvalue weighted by atomic mass is 32.1. The number of hydrogen-bond donors (Lipinski definition) is 0. The first-order valence-corrected chi connectivity index (χ1v) is 6.39. The lowest BCUT2D eigenvalue weighted by molar-refractivity contribution is 0.111. The van der Waals surface area contributed by atoms with Crippen molar-refractivity contribution in [2.24, 2.45) is 0 Å². The van der Waals surface area contributed by atoms with Gasteiger partial charge in [-0.1, -0.05) is 6.07 Å². The molecule has 5 heteroatoms. The number of rotatable bonds is 2. The number of carbonyl (C=O) groups is 1. The van der Waals surface area contributed by atoms with Crippen LogP contribution in [-0.4, -0.2) is 20.7 Å². The van der Waals surface area contributed by atoms with E-state index >= 15 is 0 Å². The molecule has 0 bridgehead atoms. The normalized spacial score (nSPS) is 11.0. The summed E-state index contributed by atoms with van der Waals surface area (Å²) in [5, 5.41) is 0. The van der Waals surface area contributed by atoms with E-state index in [1.165, 1.54) is 4.88 Å². The van der Waals surface area contributed by atoms with Gasteiger partial charge in [-0.2, -0.15) is 0 Å². The predicted octanol–water partition coefficient (Wildman–Crippen LogP) is 2.89. The van der Waals surface area contributed by atoms with E-state index in [0.717, 1.165) is 22.6 Å². The number of fused-ring (bicyclic) bond motifs is 1. The van der Waals surface area contributed by atoms with Crippen molar-refractivity contribution in [1.29, 1.82) is 0 Å². The molecular formula is C13H11N3OS. The third kappa shape index (κ3) is 1.48. The molecule has 0 spiro atoms. The number of pyridine rings is 1. The predicted molar refractivity (Wildman–Crippen MR) is 71.2 cm³/mol. The lowest BCUT2D eigenvalue weighted by Crippen LogP contribution is -1.95. The zero-order chi connectivity index (χ0) is 12.7. The van der Waals surface area contributed by atoms with Gasteiger partial charge in [0.15, 0.2) is 11.2 Å². The summed E-state index contributed by atoms with van der Waals surface area (Å²) in [6.07, 6.45) is 2.55. The molecule has 3 rings (SSSR count). The van der Waals surface area contributed by atoms with Crippen LogP contribution in [0, 0.1) is 13.8 Å². The van der Waals surface area contributed by atoms with Crippen LogP contribution < -0.4 is 0 Å². The molecule has 90 valence electrons. The molecule has 0 aliphatic carbocycles. The first-order chi connectivity index (χ1) is 8.72. The molecule has 3 aromatic rings. The lowest BCUT2D eigenvalue weighted by Gasteiger charge is -1.98. The topological polar surface area (TPSA) is 47.3 Å². The van der Waals surface area contributed by atoms with Crippen LogP contribution in [0.3, 0.4) is 0 Å². The molecule has 3 aromatic heterocycles. The van der Waals surface area contributed by atoms with Gasteiger partial charge >= 0.3 is 0 Å². The zero-order valence-corrected chi connectivity index (χ0v) is 10.9. The Morgan fingerprint density at radius 2 is 2.17 bits per heavy atom. The smallest absolute Gasteiger partial charge is 0.195 e. The quantitative estimate of drug-likeness (QED) is 0.663. The van der Waals surface area contributed by atoms with E-state index in [-0.39, 0.29) is 0 Å². The second kappa shape index (κ2) is 4.03. The van der Waals surface area contributed by atoms with Gasteiger partial charge in [0, 0.05) is 16.8 Å². The van der Waals surface area contributed by atoms with E-state index in [4.69, 9.17) is 0 Å². The third-order valence-corrected chi connectivity index (χ3v) is 4.05. The van der Waals surface area contributed by atoms with Crippen LogP contribution in [0.2, 0.25) is 0 Å². The molecule has 0 saturated heterocycles. The van der Waals surface area contributed by atoms with Crippen LogP contribution >= 0.6 is 11.3 Å². The summed E-state index contributed by atoms with van der Waals surface area (Å²) < 4.78 is 1.90. The molecule has 18 heavy (non-hydrogen) atoms. The lowest BCUT2D eigenvalue weighted by atomic mass is 10.2. The van der Waals surface area contributed by atoms with E-state index < -0.39 is 0 Å². The second-order valence-corrected chi connectivity index (χ2v) is 5.22. The van der Waals surface area contributed by atoms with Crippen molar-refractivity contribution in [2.45, 2.75) is 13.8 Å². The van der Waals surface area contributed by atoms with E-state index in [9.17, 15) is 4.79 Å². The fraction of sp³-hybridized carbons (Fsp3) is 0.154. The van der Waals surface area contributed by atoms with Gasteiger partial charge in [0.05, 0.1) is 5.69 Å². The molecule has 0 atom stereocenters. The fourth-order valence-corrected chi connectivity index (χ4v) is 2.95. The molecule has 4 nitrogen and oxygen atoms in total. The van der Waals surface area contributed by atoms with Gasteiger partial charge in [-0.25, -0.2) is 4.98 Å². The highest BCUT2D eigenvalue weighted by Crippen LogP contribution is 2.28. The van der Waals surface area contributed by atoms with Crippen molar-refractivity contribution in [3.05, 3.63) is 40.7 Å². The van der Waals surface area contributed by atoms with Crippen molar-refractivity contribution in [2.75, 3.05) is 0 Å². The average molecular weight is 257 g/mol.